The first-order valence-electron chi connectivity index (χ1n) is 5.40. The van der Waals surface area contributed by atoms with E-state index < -0.39 is 5.41 Å². The van der Waals surface area contributed by atoms with E-state index in [9.17, 15) is 4.79 Å². The highest BCUT2D eigenvalue weighted by Gasteiger charge is 2.49. The summed E-state index contributed by atoms with van der Waals surface area (Å²) < 4.78 is 5.01. The Bertz CT molecular complexity index is 304. The molecule has 0 radical (unpaired) electrons. The van der Waals surface area contributed by atoms with Gasteiger partial charge in [0, 0.05) is 12.5 Å². The quantitative estimate of drug-likeness (QED) is 0.660. The van der Waals surface area contributed by atoms with Gasteiger partial charge < -0.3 is 9.64 Å². The average molecular weight is 208 g/mol. The van der Waals surface area contributed by atoms with Gasteiger partial charge in [0.2, 0.25) is 0 Å². The first kappa shape index (κ1) is 10.6. The lowest BCUT2D eigenvalue weighted by Gasteiger charge is -2.38. The molecule has 2 rings (SSSR count). The number of hydrogen-bond acceptors (Lipinski definition) is 4. The SMILES string of the molecule is CN1CCCC(C(=O)C2(C#N)COC2)C1. The van der Waals surface area contributed by atoms with Gasteiger partial charge in [-0.2, -0.15) is 5.26 Å². The molecule has 0 aliphatic carbocycles. The van der Waals surface area contributed by atoms with Gasteiger partial charge in [-0.05, 0) is 26.4 Å². The second kappa shape index (κ2) is 3.92. The van der Waals surface area contributed by atoms with Crippen molar-refractivity contribution < 1.29 is 9.53 Å². The third kappa shape index (κ3) is 1.77. The van der Waals surface area contributed by atoms with Crippen molar-refractivity contribution in [3.8, 4) is 6.07 Å². The number of Topliss-reactive ketones (excluding diaryl/α,β-unsaturated/α-hetero) is 1. The van der Waals surface area contributed by atoms with E-state index in [1.807, 2.05) is 7.05 Å². The van der Waals surface area contributed by atoms with Gasteiger partial charge in [-0.25, -0.2) is 0 Å². The molecule has 2 aliphatic rings. The number of carbonyl (C=O) groups is 1. The number of nitriles is 1. The second-order valence-corrected chi connectivity index (χ2v) is 4.65. The smallest absolute Gasteiger partial charge is 0.162 e. The van der Waals surface area contributed by atoms with Crippen LogP contribution >= 0.6 is 0 Å². The van der Waals surface area contributed by atoms with Gasteiger partial charge >= 0.3 is 0 Å². The zero-order valence-electron chi connectivity index (χ0n) is 9.03. The number of rotatable bonds is 2. The van der Waals surface area contributed by atoms with E-state index in [0.29, 0.717) is 13.2 Å². The van der Waals surface area contributed by atoms with Crippen LogP contribution in [0.25, 0.3) is 0 Å². The van der Waals surface area contributed by atoms with Crippen LogP contribution in [0.5, 0.6) is 0 Å². The predicted octanol–water partition coefficient (Wildman–Crippen LogP) is 0.437. The molecule has 4 heteroatoms. The first-order valence-corrected chi connectivity index (χ1v) is 5.40. The van der Waals surface area contributed by atoms with E-state index in [0.717, 1.165) is 25.9 Å². The molecule has 2 heterocycles. The van der Waals surface area contributed by atoms with E-state index in [4.69, 9.17) is 10.00 Å². The van der Waals surface area contributed by atoms with E-state index >= 15 is 0 Å². The van der Waals surface area contributed by atoms with Crippen LogP contribution in [-0.2, 0) is 9.53 Å². The van der Waals surface area contributed by atoms with E-state index in [1.54, 1.807) is 0 Å². The van der Waals surface area contributed by atoms with Crippen molar-refractivity contribution in [2.75, 3.05) is 33.4 Å². The van der Waals surface area contributed by atoms with Crippen molar-refractivity contribution in [2.24, 2.45) is 11.3 Å². The highest BCUT2D eigenvalue weighted by molar-refractivity contribution is 5.90. The Morgan fingerprint density at radius 3 is 2.80 bits per heavy atom. The number of carbonyl (C=O) groups excluding carboxylic acids is 1. The minimum absolute atomic E-state index is 0.0345. The Morgan fingerprint density at radius 1 is 1.60 bits per heavy atom. The Balaban J connectivity index is 2.04. The maximum absolute atomic E-state index is 12.1. The number of ether oxygens (including phenoxy) is 1. The molecule has 0 spiro atoms. The predicted molar refractivity (Wildman–Crippen MR) is 54.1 cm³/mol. The monoisotopic (exact) mass is 208 g/mol. The summed E-state index contributed by atoms with van der Waals surface area (Å²) in [6, 6.07) is 2.13. The van der Waals surface area contributed by atoms with Gasteiger partial charge in [0.15, 0.2) is 11.2 Å². The maximum atomic E-state index is 12.1. The average Bonchev–Trinajstić information content (AvgIpc) is 2.17. The summed E-state index contributed by atoms with van der Waals surface area (Å²) in [5, 5.41) is 9.04. The molecule has 2 aliphatic heterocycles. The number of likely N-dealkylation sites (tertiary alicyclic amines) is 1. The van der Waals surface area contributed by atoms with Gasteiger partial charge in [-0.1, -0.05) is 0 Å². The minimum Gasteiger partial charge on any atom is -0.377 e. The Morgan fingerprint density at radius 2 is 2.33 bits per heavy atom. The number of hydrogen-bond donors (Lipinski definition) is 0. The molecule has 1 unspecified atom stereocenters. The summed E-state index contributed by atoms with van der Waals surface area (Å²) in [5.41, 5.74) is -0.817. The van der Waals surface area contributed by atoms with Gasteiger partial charge in [-0.3, -0.25) is 4.79 Å². The topological polar surface area (TPSA) is 53.3 Å². The fourth-order valence-corrected chi connectivity index (χ4v) is 2.34. The zero-order chi connectivity index (χ0) is 10.9. The van der Waals surface area contributed by atoms with Crippen LogP contribution in [0, 0.1) is 22.7 Å². The van der Waals surface area contributed by atoms with Crippen molar-refractivity contribution in [1.29, 1.82) is 5.26 Å². The highest BCUT2D eigenvalue weighted by atomic mass is 16.5. The summed E-state index contributed by atoms with van der Waals surface area (Å²) in [4.78, 5) is 14.3. The normalized spacial score (nSPS) is 30.3. The van der Waals surface area contributed by atoms with Crippen LogP contribution in [0.1, 0.15) is 12.8 Å². The van der Waals surface area contributed by atoms with Crippen molar-refractivity contribution in [3.05, 3.63) is 0 Å². The van der Waals surface area contributed by atoms with Crippen LogP contribution in [0.3, 0.4) is 0 Å². The molecule has 15 heavy (non-hydrogen) atoms. The molecule has 0 aromatic rings. The van der Waals surface area contributed by atoms with E-state index in [-0.39, 0.29) is 11.7 Å². The summed E-state index contributed by atoms with van der Waals surface area (Å²) in [6.07, 6.45) is 1.97. The molecule has 2 saturated heterocycles. The summed E-state index contributed by atoms with van der Waals surface area (Å²) in [5.74, 6) is 0.134. The third-order valence-electron chi connectivity index (χ3n) is 3.38. The lowest BCUT2D eigenvalue weighted by Crippen LogP contribution is -2.52. The largest absolute Gasteiger partial charge is 0.377 e. The van der Waals surface area contributed by atoms with E-state index in [1.165, 1.54) is 0 Å². The van der Waals surface area contributed by atoms with Gasteiger partial charge in [0.05, 0.1) is 19.3 Å². The first-order chi connectivity index (χ1) is 7.18. The second-order valence-electron chi connectivity index (χ2n) is 4.65. The summed E-state index contributed by atoms with van der Waals surface area (Å²) >= 11 is 0. The third-order valence-corrected chi connectivity index (χ3v) is 3.38. The molecule has 1 atom stereocenters. The van der Waals surface area contributed by atoms with Crippen LogP contribution in [-0.4, -0.2) is 44.0 Å². The zero-order valence-corrected chi connectivity index (χ0v) is 9.03. The summed E-state index contributed by atoms with van der Waals surface area (Å²) in [6.45, 7) is 2.44. The van der Waals surface area contributed by atoms with Crippen molar-refractivity contribution in [2.45, 2.75) is 12.8 Å². The fourth-order valence-electron chi connectivity index (χ4n) is 2.34. The molecule has 82 valence electrons. The maximum Gasteiger partial charge on any atom is 0.162 e. The molecular formula is C11H16N2O2. The molecular weight excluding hydrogens is 192 g/mol. The van der Waals surface area contributed by atoms with Crippen molar-refractivity contribution >= 4 is 5.78 Å². The lowest BCUT2D eigenvalue weighted by molar-refractivity contribution is -0.153. The molecule has 0 aromatic heterocycles. The molecule has 0 N–H and O–H groups in total. The Hall–Kier alpha value is -0.920. The fraction of sp³-hybridized carbons (Fsp3) is 0.818. The molecule has 0 bridgehead atoms. The molecule has 4 nitrogen and oxygen atoms in total. The van der Waals surface area contributed by atoms with Crippen LogP contribution in [0.2, 0.25) is 0 Å². The van der Waals surface area contributed by atoms with E-state index in [2.05, 4.69) is 11.0 Å². The minimum atomic E-state index is -0.817. The molecule has 2 fully saturated rings. The number of nitrogens with zero attached hydrogens (tertiary/aromatic N) is 2. The van der Waals surface area contributed by atoms with Crippen molar-refractivity contribution in [1.82, 2.24) is 4.90 Å². The molecule has 0 saturated carbocycles. The Labute approximate surface area is 89.8 Å². The van der Waals surface area contributed by atoms with Gasteiger partial charge in [-0.15, -0.1) is 0 Å². The standard InChI is InChI=1S/C11H16N2O2/c1-13-4-2-3-9(5-13)10(14)11(6-12)7-15-8-11/h9H,2-5,7-8H2,1H3. The lowest BCUT2D eigenvalue weighted by atomic mass is 9.75. The van der Waals surface area contributed by atoms with Crippen LogP contribution < -0.4 is 0 Å². The molecule has 0 aromatic carbocycles. The highest BCUT2D eigenvalue weighted by Crippen LogP contribution is 2.33. The Kier molecular flexibility index (Phi) is 2.76. The van der Waals surface area contributed by atoms with Crippen LogP contribution in [0.4, 0.5) is 0 Å². The van der Waals surface area contributed by atoms with Gasteiger partial charge in [0.25, 0.3) is 0 Å². The van der Waals surface area contributed by atoms with Gasteiger partial charge in [0.1, 0.15) is 0 Å². The number of ketones is 1. The van der Waals surface area contributed by atoms with Crippen molar-refractivity contribution in [3.63, 3.8) is 0 Å². The summed E-state index contributed by atoms with van der Waals surface area (Å²) in [7, 11) is 2.02. The number of piperidine rings is 1. The van der Waals surface area contributed by atoms with Crippen LogP contribution in [0.15, 0.2) is 0 Å². The molecule has 0 amide bonds.